The Labute approximate surface area is 218 Å². The van der Waals surface area contributed by atoms with Crippen molar-refractivity contribution in [2.45, 2.75) is 58.4 Å². The third-order valence-electron chi connectivity index (χ3n) is 7.72. The van der Waals surface area contributed by atoms with Crippen molar-refractivity contribution in [3.63, 3.8) is 0 Å². The number of benzene rings is 2. The highest BCUT2D eigenvalue weighted by Crippen LogP contribution is 2.40. The SMILES string of the molecule is C=CC1=NC2CC(=C)N=C(C)c3c(ccc4c3oc3nc(CC(C)C)ccc34)CCC2c2ccccc21. The minimum Gasteiger partial charge on any atom is -0.437 e. The first-order chi connectivity index (χ1) is 17.9. The molecule has 2 atom stereocenters. The van der Waals surface area contributed by atoms with Gasteiger partial charge in [-0.25, -0.2) is 4.98 Å². The fourth-order valence-electron chi connectivity index (χ4n) is 6.13. The largest absolute Gasteiger partial charge is 0.437 e. The van der Waals surface area contributed by atoms with Gasteiger partial charge in [0.2, 0.25) is 5.71 Å². The quantitative estimate of drug-likeness (QED) is 0.294. The number of aryl methyl sites for hydroxylation is 1. The van der Waals surface area contributed by atoms with E-state index in [0.29, 0.717) is 17.5 Å². The maximum atomic E-state index is 6.48. The minimum atomic E-state index is 0.104. The maximum Gasteiger partial charge on any atom is 0.227 e. The number of rotatable bonds is 3. The Bertz CT molecular complexity index is 1620. The van der Waals surface area contributed by atoms with Crippen molar-refractivity contribution in [3.05, 3.63) is 101 Å². The highest BCUT2D eigenvalue weighted by molar-refractivity contribution is 6.15. The summed E-state index contributed by atoms with van der Waals surface area (Å²) in [6, 6.07) is 17.5. The van der Waals surface area contributed by atoms with Gasteiger partial charge in [-0.3, -0.25) is 9.98 Å². The summed E-state index contributed by atoms with van der Waals surface area (Å²) >= 11 is 0. The molecule has 0 fully saturated rings. The number of hydrogen-bond donors (Lipinski definition) is 0. The fourth-order valence-corrected chi connectivity index (χ4v) is 6.13. The molecule has 0 N–H and O–H groups in total. The summed E-state index contributed by atoms with van der Waals surface area (Å²) in [6.45, 7) is 14.9. The summed E-state index contributed by atoms with van der Waals surface area (Å²) in [4.78, 5) is 15.0. The van der Waals surface area contributed by atoms with E-state index in [0.717, 1.165) is 70.4 Å². The van der Waals surface area contributed by atoms with Gasteiger partial charge in [0, 0.05) is 51.3 Å². The molecular formula is C33H33N3O. The first-order valence-electron chi connectivity index (χ1n) is 13.3. The molecule has 37 heavy (non-hydrogen) atoms. The third-order valence-corrected chi connectivity index (χ3v) is 7.72. The molecule has 0 radical (unpaired) electrons. The molecule has 4 heteroatoms. The minimum absolute atomic E-state index is 0.104. The van der Waals surface area contributed by atoms with Crippen molar-refractivity contribution in [3.8, 4) is 0 Å². The highest BCUT2D eigenvalue weighted by atomic mass is 16.3. The predicted molar refractivity (Wildman–Crippen MR) is 154 cm³/mol. The molecule has 6 rings (SSSR count). The van der Waals surface area contributed by atoms with Crippen LogP contribution in [0.25, 0.3) is 22.1 Å². The molecule has 0 spiro atoms. The number of nitrogens with zero attached hydrogens (tertiary/aromatic N) is 3. The van der Waals surface area contributed by atoms with E-state index >= 15 is 0 Å². The molecule has 0 saturated heterocycles. The normalized spacial score (nSPS) is 19.7. The molecular weight excluding hydrogens is 454 g/mol. The van der Waals surface area contributed by atoms with Crippen molar-refractivity contribution in [1.82, 2.24) is 4.98 Å². The van der Waals surface area contributed by atoms with E-state index in [4.69, 9.17) is 19.4 Å². The molecule has 2 unspecified atom stereocenters. The van der Waals surface area contributed by atoms with E-state index in [1.165, 1.54) is 16.7 Å². The maximum absolute atomic E-state index is 6.48. The summed E-state index contributed by atoms with van der Waals surface area (Å²) in [7, 11) is 0. The van der Waals surface area contributed by atoms with Crippen LogP contribution in [0.15, 0.2) is 87.9 Å². The number of allylic oxidation sites excluding steroid dienone is 1. The van der Waals surface area contributed by atoms with Crippen LogP contribution in [0.3, 0.4) is 0 Å². The first-order valence-corrected chi connectivity index (χ1v) is 13.3. The first kappa shape index (κ1) is 23.6. The summed E-state index contributed by atoms with van der Waals surface area (Å²) in [5.41, 5.74) is 10.3. The summed E-state index contributed by atoms with van der Waals surface area (Å²) < 4.78 is 6.48. The molecule has 0 amide bonds. The Hall–Kier alpha value is -3.79. The number of hydrogen-bond acceptors (Lipinski definition) is 4. The van der Waals surface area contributed by atoms with Gasteiger partial charge in [0.1, 0.15) is 5.58 Å². The second-order valence-corrected chi connectivity index (χ2v) is 10.8. The van der Waals surface area contributed by atoms with Crippen molar-refractivity contribution >= 4 is 33.5 Å². The van der Waals surface area contributed by atoms with Crippen molar-refractivity contribution in [2.24, 2.45) is 15.9 Å². The molecule has 4 heterocycles. The van der Waals surface area contributed by atoms with Gasteiger partial charge < -0.3 is 4.42 Å². The molecule has 2 aromatic carbocycles. The Kier molecular flexibility index (Phi) is 5.91. The van der Waals surface area contributed by atoms with E-state index in [1.54, 1.807) is 0 Å². The van der Waals surface area contributed by atoms with E-state index in [9.17, 15) is 0 Å². The molecule has 0 bridgehead atoms. The van der Waals surface area contributed by atoms with E-state index in [2.05, 4.69) is 82.5 Å². The van der Waals surface area contributed by atoms with Gasteiger partial charge in [0.25, 0.3) is 0 Å². The highest BCUT2D eigenvalue weighted by Gasteiger charge is 2.31. The van der Waals surface area contributed by atoms with Gasteiger partial charge in [-0.2, -0.15) is 0 Å². The third kappa shape index (κ3) is 4.15. The average molecular weight is 488 g/mol. The van der Waals surface area contributed by atoms with Crippen LogP contribution in [0.2, 0.25) is 0 Å². The number of furan rings is 1. The van der Waals surface area contributed by atoms with E-state index in [-0.39, 0.29) is 6.04 Å². The zero-order chi connectivity index (χ0) is 25.7. The number of fused-ring (bicyclic) bond motifs is 8. The zero-order valence-electron chi connectivity index (χ0n) is 21.9. The fraction of sp³-hybridized carbons (Fsp3) is 0.303. The Morgan fingerprint density at radius 1 is 1.08 bits per heavy atom. The van der Waals surface area contributed by atoms with Gasteiger partial charge in [0.05, 0.1) is 11.8 Å². The van der Waals surface area contributed by atoms with Crippen LogP contribution < -0.4 is 0 Å². The van der Waals surface area contributed by atoms with Crippen LogP contribution >= 0.6 is 0 Å². The second kappa shape index (κ2) is 9.26. The molecule has 0 saturated carbocycles. The van der Waals surface area contributed by atoms with Crippen LogP contribution in [0, 0.1) is 5.92 Å². The molecule has 0 aliphatic carbocycles. The van der Waals surface area contributed by atoms with Crippen LogP contribution in [0.1, 0.15) is 67.5 Å². The number of aromatic nitrogens is 1. The van der Waals surface area contributed by atoms with E-state index < -0.39 is 0 Å². The second-order valence-electron chi connectivity index (χ2n) is 10.8. The smallest absolute Gasteiger partial charge is 0.227 e. The van der Waals surface area contributed by atoms with Crippen LogP contribution in [-0.2, 0) is 12.8 Å². The molecule has 2 aliphatic heterocycles. The molecule has 4 aromatic rings. The lowest BCUT2D eigenvalue weighted by atomic mass is 9.78. The number of pyridine rings is 1. The predicted octanol–water partition coefficient (Wildman–Crippen LogP) is 7.98. The molecule has 2 aliphatic rings. The average Bonchev–Trinajstić information content (AvgIpc) is 3.24. The van der Waals surface area contributed by atoms with Crippen LogP contribution in [-0.4, -0.2) is 22.4 Å². The Morgan fingerprint density at radius 2 is 1.89 bits per heavy atom. The van der Waals surface area contributed by atoms with Crippen LogP contribution in [0.4, 0.5) is 0 Å². The van der Waals surface area contributed by atoms with Crippen molar-refractivity contribution in [1.29, 1.82) is 0 Å². The number of aliphatic imine (C=N–C) groups is 2. The van der Waals surface area contributed by atoms with Crippen molar-refractivity contribution < 1.29 is 4.42 Å². The standard InChI is InChI=1S/C33H33N3O/c1-6-29-25-10-8-7-9-24(25)26-14-11-22-12-15-27-28-16-13-23(17-19(2)3)35-33(28)37-32(27)31(22)21(5)34-20(4)18-30(26)36-29/h6-10,12-13,15-16,19,26,30H,1,4,11,14,17-18H2,2-3,5H3. The lowest BCUT2D eigenvalue weighted by Crippen LogP contribution is -2.27. The van der Waals surface area contributed by atoms with Crippen molar-refractivity contribution in [2.75, 3.05) is 0 Å². The molecule has 186 valence electrons. The van der Waals surface area contributed by atoms with Gasteiger partial charge in [-0.1, -0.05) is 63.4 Å². The topological polar surface area (TPSA) is 50.8 Å². The van der Waals surface area contributed by atoms with Gasteiger partial charge in [-0.15, -0.1) is 0 Å². The van der Waals surface area contributed by atoms with E-state index in [1.807, 2.05) is 6.08 Å². The van der Waals surface area contributed by atoms with Gasteiger partial charge in [-0.05, 0) is 61.4 Å². The monoisotopic (exact) mass is 487 g/mol. The van der Waals surface area contributed by atoms with Crippen LogP contribution in [0.5, 0.6) is 0 Å². The molecule has 4 nitrogen and oxygen atoms in total. The lowest BCUT2D eigenvalue weighted by Gasteiger charge is -2.32. The Morgan fingerprint density at radius 3 is 2.70 bits per heavy atom. The summed E-state index contributed by atoms with van der Waals surface area (Å²) in [6.07, 6.45) is 5.44. The Balaban J connectivity index is 1.48. The molecule has 2 aromatic heterocycles. The summed E-state index contributed by atoms with van der Waals surface area (Å²) in [5.74, 6) is 0.841. The zero-order valence-corrected chi connectivity index (χ0v) is 21.9. The summed E-state index contributed by atoms with van der Waals surface area (Å²) in [5, 5.41) is 2.15. The lowest BCUT2D eigenvalue weighted by molar-refractivity contribution is 0.490. The van der Waals surface area contributed by atoms with Gasteiger partial charge in [0.15, 0.2) is 0 Å². The van der Waals surface area contributed by atoms with Gasteiger partial charge >= 0.3 is 0 Å².